The lowest BCUT2D eigenvalue weighted by Gasteiger charge is -2.20. The molecule has 1 N–H and O–H groups in total. The summed E-state index contributed by atoms with van der Waals surface area (Å²) < 4.78 is 0. The van der Waals surface area contributed by atoms with Crippen molar-refractivity contribution < 1.29 is 9.90 Å². The van der Waals surface area contributed by atoms with Gasteiger partial charge in [0.1, 0.15) is 0 Å². The molecule has 0 heterocycles. The molecule has 1 unspecified atom stereocenters. The largest absolute Gasteiger partial charge is 0.478 e. The van der Waals surface area contributed by atoms with Crippen LogP contribution in [0.15, 0.2) is 24.3 Å². The number of carboxylic acid groups (broad SMARTS) is 1. The molecule has 0 amide bonds. The number of hydrogen-bond acceptors (Lipinski definition) is 2. The zero-order chi connectivity index (χ0) is 11.4. The Hall–Kier alpha value is -1.35. The Morgan fingerprint density at radius 1 is 1.40 bits per heavy atom. The molecule has 1 aromatic carbocycles. The first-order valence-electron chi connectivity index (χ1n) is 5.00. The summed E-state index contributed by atoms with van der Waals surface area (Å²) in [6, 6.07) is 7.51. The Bertz CT molecular complexity index is 347. The number of carboxylic acids is 1. The molecule has 0 aliphatic carbocycles. The Morgan fingerprint density at radius 3 is 2.53 bits per heavy atom. The summed E-state index contributed by atoms with van der Waals surface area (Å²) in [4.78, 5) is 13.0. The monoisotopic (exact) mass is 207 g/mol. The number of rotatable bonds is 4. The Morgan fingerprint density at radius 2 is 2.00 bits per heavy atom. The summed E-state index contributed by atoms with van der Waals surface area (Å²) in [5.74, 6) is -0.850. The van der Waals surface area contributed by atoms with Crippen LogP contribution in [0.5, 0.6) is 0 Å². The molecule has 82 valence electrons. The van der Waals surface area contributed by atoms with Crippen LogP contribution < -0.4 is 0 Å². The van der Waals surface area contributed by atoms with Gasteiger partial charge < -0.3 is 10.0 Å². The van der Waals surface area contributed by atoms with E-state index in [1.54, 1.807) is 12.1 Å². The third-order valence-electron chi connectivity index (χ3n) is 2.64. The van der Waals surface area contributed by atoms with Gasteiger partial charge in [-0.3, -0.25) is 0 Å². The van der Waals surface area contributed by atoms with Crippen LogP contribution in [0.2, 0.25) is 0 Å². The number of likely N-dealkylation sites (N-methyl/N-ethyl adjacent to an activating group) is 1. The van der Waals surface area contributed by atoms with Gasteiger partial charge in [-0.2, -0.15) is 0 Å². The Kier molecular flexibility index (Phi) is 3.86. The lowest BCUT2D eigenvalue weighted by Crippen LogP contribution is -2.27. The topological polar surface area (TPSA) is 40.5 Å². The second-order valence-electron chi connectivity index (χ2n) is 3.98. The first-order valence-corrected chi connectivity index (χ1v) is 5.00. The van der Waals surface area contributed by atoms with Crippen LogP contribution in [0.1, 0.15) is 22.8 Å². The Labute approximate surface area is 90.3 Å². The fourth-order valence-electron chi connectivity index (χ4n) is 1.41. The standard InChI is InChI=1S/C12H17NO2/c1-9(13(2)3)8-10-6-4-5-7-11(10)12(14)15/h4-7,9H,8H2,1-3H3,(H,14,15). The average molecular weight is 207 g/mol. The number of hydrogen-bond donors (Lipinski definition) is 1. The van der Waals surface area contributed by atoms with Crippen molar-refractivity contribution in [3.63, 3.8) is 0 Å². The van der Waals surface area contributed by atoms with E-state index in [0.717, 1.165) is 12.0 Å². The second kappa shape index (κ2) is 4.94. The maximum Gasteiger partial charge on any atom is 0.335 e. The summed E-state index contributed by atoms with van der Waals surface area (Å²) in [5.41, 5.74) is 1.30. The van der Waals surface area contributed by atoms with Gasteiger partial charge in [-0.15, -0.1) is 0 Å². The summed E-state index contributed by atoms with van der Waals surface area (Å²) >= 11 is 0. The molecular formula is C12H17NO2. The predicted molar refractivity (Wildman–Crippen MR) is 60.3 cm³/mol. The van der Waals surface area contributed by atoms with Crippen molar-refractivity contribution in [2.45, 2.75) is 19.4 Å². The van der Waals surface area contributed by atoms with Crippen LogP contribution in [-0.2, 0) is 6.42 Å². The van der Waals surface area contributed by atoms with Crippen LogP contribution >= 0.6 is 0 Å². The molecule has 0 aliphatic rings. The Balaban J connectivity index is 2.89. The highest BCUT2D eigenvalue weighted by molar-refractivity contribution is 5.89. The smallest absolute Gasteiger partial charge is 0.335 e. The molecule has 1 rings (SSSR count). The fourth-order valence-corrected chi connectivity index (χ4v) is 1.41. The molecule has 1 atom stereocenters. The van der Waals surface area contributed by atoms with Crippen molar-refractivity contribution in [1.82, 2.24) is 4.90 Å². The highest BCUT2D eigenvalue weighted by atomic mass is 16.4. The fraction of sp³-hybridized carbons (Fsp3) is 0.417. The summed E-state index contributed by atoms with van der Waals surface area (Å²) in [5, 5.41) is 9.00. The van der Waals surface area contributed by atoms with Crippen LogP contribution in [0, 0.1) is 0 Å². The van der Waals surface area contributed by atoms with E-state index < -0.39 is 5.97 Å². The molecule has 0 radical (unpaired) electrons. The van der Waals surface area contributed by atoms with Crippen LogP contribution in [0.25, 0.3) is 0 Å². The zero-order valence-electron chi connectivity index (χ0n) is 9.40. The molecule has 0 spiro atoms. The zero-order valence-corrected chi connectivity index (χ0v) is 9.40. The van der Waals surface area contributed by atoms with Gasteiger partial charge in [-0.25, -0.2) is 4.79 Å². The first kappa shape index (κ1) is 11.7. The van der Waals surface area contributed by atoms with Gasteiger partial charge in [0, 0.05) is 6.04 Å². The number of benzene rings is 1. The van der Waals surface area contributed by atoms with Crippen molar-refractivity contribution in [3.05, 3.63) is 35.4 Å². The van der Waals surface area contributed by atoms with Gasteiger partial charge >= 0.3 is 5.97 Å². The van der Waals surface area contributed by atoms with Gasteiger partial charge in [0.2, 0.25) is 0 Å². The molecule has 0 aromatic heterocycles. The van der Waals surface area contributed by atoms with E-state index in [9.17, 15) is 4.79 Å². The normalized spacial score (nSPS) is 12.8. The lowest BCUT2D eigenvalue weighted by molar-refractivity contribution is 0.0695. The molecule has 0 saturated carbocycles. The molecule has 3 nitrogen and oxygen atoms in total. The van der Waals surface area contributed by atoms with Crippen LogP contribution in [0.4, 0.5) is 0 Å². The number of carbonyl (C=O) groups is 1. The predicted octanol–water partition coefficient (Wildman–Crippen LogP) is 1.88. The van der Waals surface area contributed by atoms with Gasteiger partial charge in [0.25, 0.3) is 0 Å². The third-order valence-corrected chi connectivity index (χ3v) is 2.64. The molecule has 1 aromatic rings. The molecule has 0 bridgehead atoms. The van der Waals surface area contributed by atoms with Crippen LogP contribution in [0.3, 0.4) is 0 Å². The maximum atomic E-state index is 11.0. The van der Waals surface area contributed by atoms with Crippen molar-refractivity contribution in [2.75, 3.05) is 14.1 Å². The van der Waals surface area contributed by atoms with Gasteiger partial charge in [0.05, 0.1) is 5.56 Å². The second-order valence-corrected chi connectivity index (χ2v) is 3.98. The average Bonchev–Trinajstić information content (AvgIpc) is 2.18. The summed E-state index contributed by atoms with van der Waals surface area (Å²) in [6.45, 7) is 2.08. The van der Waals surface area contributed by atoms with E-state index in [1.807, 2.05) is 26.2 Å². The van der Waals surface area contributed by atoms with Gasteiger partial charge in [-0.1, -0.05) is 18.2 Å². The van der Waals surface area contributed by atoms with Crippen LogP contribution in [-0.4, -0.2) is 36.1 Å². The van der Waals surface area contributed by atoms with E-state index in [1.165, 1.54) is 0 Å². The molecule has 0 fully saturated rings. The first-order chi connectivity index (χ1) is 7.02. The van der Waals surface area contributed by atoms with E-state index in [4.69, 9.17) is 5.11 Å². The minimum atomic E-state index is -0.850. The van der Waals surface area contributed by atoms with E-state index >= 15 is 0 Å². The highest BCUT2D eigenvalue weighted by Gasteiger charge is 2.12. The minimum Gasteiger partial charge on any atom is -0.478 e. The quantitative estimate of drug-likeness (QED) is 0.819. The summed E-state index contributed by atoms with van der Waals surface area (Å²) in [6.07, 6.45) is 0.759. The van der Waals surface area contributed by atoms with Gasteiger partial charge in [0.15, 0.2) is 0 Å². The highest BCUT2D eigenvalue weighted by Crippen LogP contribution is 2.12. The SMILES string of the molecule is CC(Cc1ccccc1C(=O)O)N(C)C. The third kappa shape index (κ3) is 3.06. The summed E-state index contributed by atoms with van der Waals surface area (Å²) in [7, 11) is 3.99. The molecular weight excluding hydrogens is 190 g/mol. The van der Waals surface area contributed by atoms with E-state index in [2.05, 4.69) is 11.8 Å². The number of nitrogens with zero attached hydrogens (tertiary/aromatic N) is 1. The molecule has 15 heavy (non-hydrogen) atoms. The van der Waals surface area contributed by atoms with Gasteiger partial charge in [-0.05, 0) is 39.1 Å². The molecule has 0 aliphatic heterocycles. The van der Waals surface area contributed by atoms with Crippen molar-refractivity contribution in [3.8, 4) is 0 Å². The van der Waals surface area contributed by atoms with Crippen molar-refractivity contribution >= 4 is 5.97 Å². The molecule has 3 heteroatoms. The van der Waals surface area contributed by atoms with Crippen molar-refractivity contribution in [1.29, 1.82) is 0 Å². The number of aromatic carboxylic acids is 1. The van der Waals surface area contributed by atoms with Crippen molar-refractivity contribution in [2.24, 2.45) is 0 Å². The maximum absolute atomic E-state index is 11.0. The minimum absolute atomic E-state index is 0.338. The van der Waals surface area contributed by atoms with E-state index in [-0.39, 0.29) is 0 Å². The van der Waals surface area contributed by atoms with E-state index in [0.29, 0.717) is 11.6 Å². The lowest BCUT2D eigenvalue weighted by atomic mass is 10.0. The molecule has 0 saturated heterocycles.